The number of hydrogen-bond donors (Lipinski definition) is 1. The van der Waals surface area contributed by atoms with Gasteiger partial charge < -0.3 is 15.0 Å². The van der Waals surface area contributed by atoms with E-state index < -0.39 is 0 Å². The maximum Gasteiger partial charge on any atom is 0.123 e. The van der Waals surface area contributed by atoms with E-state index in [1.165, 1.54) is 31.5 Å². The molecule has 1 aliphatic heterocycles. The van der Waals surface area contributed by atoms with Gasteiger partial charge in [-0.3, -0.25) is 0 Å². The minimum absolute atomic E-state index is 0.340. The predicted molar refractivity (Wildman–Crippen MR) is 79.6 cm³/mol. The molecule has 0 bridgehead atoms. The van der Waals surface area contributed by atoms with Crippen molar-refractivity contribution in [3.63, 3.8) is 0 Å². The largest absolute Gasteiger partial charge is 0.496 e. The van der Waals surface area contributed by atoms with Gasteiger partial charge in [-0.25, -0.2) is 0 Å². The number of likely N-dealkylation sites (tertiary alicyclic amines) is 1. The second kappa shape index (κ2) is 6.92. The van der Waals surface area contributed by atoms with Crippen LogP contribution in [0.2, 0.25) is 0 Å². The third-order valence-electron chi connectivity index (χ3n) is 4.25. The van der Waals surface area contributed by atoms with Crippen LogP contribution in [-0.4, -0.2) is 38.7 Å². The highest BCUT2D eigenvalue weighted by Gasteiger charge is 2.24. The Balaban J connectivity index is 2.04. The van der Waals surface area contributed by atoms with Gasteiger partial charge in [-0.2, -0.15) is 0 Å². The molecule has 3 nitrogen and oxygen atoms in total. The van der Waals surface area contributed by atoms with Gasteiger partial charge in [0.15, 0.2) is 0 Å². The molecule has 0 aliphatic carbocycles. The highest BCUT2D eigenvalue weighted by Crippen LogP contribution is 2.27. The molecule has 106 valence electrons. The Morgan fingerprint density at radius 2 is 2.21 bits per heavy atom. The fourth-order valence-corrected chi connectivity index (χ4v) is 2.97. The van der Waals surface area contributed by atoms with E-state index in [-0.39, 0.29) is 0 Å². The lowest BCUT2D eigenvalue weighted by atomic mass is 10.0. The fourth-order valence-electron chi connectivity index (χ4n) is 2.97. The van der Waals surface area contributed by atoms with Crippen LogP contribution in [0.3, 0.4) is 0 Å². The van der Waals surface area contributed by atoms with Crippen molar-refractivity contribution in [2.24, 2.45) is 5.92 Å². The molecule has 0 amide bonds. The van der Waals surface area contributed by atoms with E-state index in [1.54, 1.807) is 7.11 Å². The van der Waals surface area contributed by atoms with Crippen LogP contribution in [0.4, 0.5) is 0 Å². The van der Waals surface area contributed by atoms with E-state index >= 15 is 0 Å². The first-order chi connectivity index (χ1) is 9.28. The summed E-state index contributed by atoms with van der Waals surface area (Å²) >= 11 is 0. The zero-order valence-corrected chi connectivity index (χ0v) is 12.4. The number of rotatable bonds is 6. The van der Waals surface area contributed by atoms with Crippen LogP contribution in [0, 0.1) is 5.92 Å². The zero-order valence-electron chi connectivity index (χ0n) is 12.4. The molecule has 1 heterocycles. The maximum atomic E-state index is 5.48. The minimum Gasteiger partial charge on any atom is -0.496 e. The lowest BCUT2D eigenvalue weighted by Gasteiger charge is -2.25. The highest BCUT2D eigenvalue weighted by atomic mass is 16.5. The topological polar surface area (TPSA) is 24.5 Å². The van der Waals surface area contributed by atoms with Gasteiger partial charge in [-0.15, -0.1) is 0 Å². The molecular formula is C16H26N2O. The van der Waals surface area contributed by atoms with Crippen LogP contribution >= 0.6 is 0 Å². The quantitative estimate of drug-likeness (QED) is 0.853. The SMILES string of the molecule is CCC1CCN(CC(NC)c2ccccc2OC)C1. The average Bonchev–Trinajstić information content (AvgIpc) is 2.92. The molecule has 2 atom stereocenters. The molecule has 2 unspecified atom stereocenters. The summed E-state index contributed by atoms with van der Waals surface area (Å²) in [5, 5.41) is 3.43. The van der Waals surface area contributed by atoms with Gasteiger partial charge in [0.05, 0.1) is 7.11 Å². The number of methoxy groups -OCH3 is 1. The number of nitrogens with one attached hydrogen (secondary N) is 1. The van der Waals surface area contributed by atoms with Crippen molar-refractivity contribution in [1.29, 1.82) is 0 Å². The van der Waals surface area contributed by atoms with Crippen molar-refractivity contribution < 1.29 is 4.74 Å². The second-order valence-electron chi connectivity index (χ2n) is 5.41. The molecule has 1 fully saturated rings. The summed E-state index contributed by atoms with van der Waals surface area (Å²) in [6.07, 6.45) is 2.65. The van der Waals surface area contributed by atoms with Gasteiger partial charge in [0.1, 0.15) is 5.75 Å². The minimum atomic E-state index is 0.340. The predicted octanol–water partition coefficient (Wildman–Crippen LogP) is 2.69. The molecule has 3 heteroatoms. The number of benzene rings is 1. The van der Waals surface area contributed by atoms with Crippen LogP contribution in [-0.2, 0) is 0 Å². The molecular weight excluding hydrogens is 236 g/mol. The van der Waals surface area contributed by atoms with Crippen molar-refractivity contribution in [3.8, 4) is 5.75 Å². The Hall–Kier alpha value is -1.06. The van der Waals surface area contributed by atoms with Crippen LogP contribution in [0.15, 0.2) is 24.3 Å². The van der Waals surface area contributed by atoms with Crippen LogP contribution in [0.25, 0.3) is 0 Å². The van der Waals surface area contributed by atoms with Crippen LogP contribution in [0.5, 0.6) is 5.75 Å². The summed E-state index contributed by atoms with van der Waals surface area (Å²) in [5.74, 6) is 1.86. The monoisotopic (exact) mass is 262 g/mol. The van der Waals surface area contributed by atoms with Crippen molar-refractivity contribution >= 4 is 0 Å². The van der Waals surface area contributed by atoms with Crippen molar-refractivity contribution in [2.75, 3.05) is 33.8 Å². The lowest BCUT2D eigenvalue weighted by molar-refractivity contribution is 0.283. The Bertz CT molecular complexity index is 394. The van der Waals surface area contributed by atoms with Gasteiger partial charge in [-0.1, -0.05) is 31.5 Å². The van der Waals surface area contributed by atoms with Crippen LogP contribution in [0.1, 0.15) is 31.4 Å². The molecule has 0 spiro atoms. The summed E-state index contributed by atoms with van der Waals surface area (Å²) in [5.41, 5.74) is 1.26. The first kappa shape index (κ1) is 14.4. The molecule has 2 rings (SSSR count). The maximum absolute atomic E-state index is 5.48. The molecule has 0 saturated carbocycles. The number of nitrogens with zero attached hydrogens (tertiary/aromatic N) is 1. The Morgan fingerprint density at radius 3 is 2.84 bits per heavy atom. The standard InChI is InChI=1S/C16H26N2O/c1-4-13-9-10-18(11-13)12-15(17-2)14-7-5-6-8-16(14)19-3/h5-8,13,15,17H,4,9-12H2,1-3H3. The molecule has 0 aromatic heterocycles. The first-order valence-corrected chi connectivity index (χ1v) is 7.31. The van der Waals surface area contributed by atoms with Crippen LogP contribution < -0.4 is 10.1 Å². The van der Waals surface area contributed by atoms with Crippen molar-refractivity contribution in [3.05, 3.63) is 29.8 Å². The summed E-state index contributed by atoms with van der Waals surface area (Å²) in [7, 11) is 3.78. The summed E-state index contributed by atoms with van der Waals surface area (Å²) in [4.78, 5) is 2.57. The Morgan fingerprint density at radius 1 is 1.42 bits per heavy atom. The van der Waals surface area contributed by atoms with Gasteiger partial charge in [0.25, 0.3) is 0 Å². The average molecular weight is 262 g/mol. The van der Waals surface area contributed by atoms with Gasteiger partial charge >= 0.3 is 0 Å². The molecule has 1 N–H and O–H groups in total. The Labute approximate surface area is 116 Å². The number of hydrogen-bond acceptors (Lipinski definition) is 3. The van der Waals surface area contributed by atoms with Crippen molar-refractivity contribution in [1.82, 2.24) is 10.2 Å². The van der Waals surface area contributed by atoms with E-state index in [4.69, 9.17) is 4.74 Å². The Kier molecular flexibility index (Phi) is 5.23. The number of ether oxygens (including phenoxy) is 1. The highest BCUT2D eigenvalue weighted by molar-refractivity contribution is 5.36. The molecule has 1 aliphatic rings. The third kappa shape index (κ3) is 3.48. The van der Waals surface area contributed by atoms with Gasteiger partial charge in [-0.05, 0) is 32.0 Å². The van der Waals surface area contributed by atoms with Crippen molar-refractivity contribution in [2.45, 2.75) is 25.8 Å². The molecule has 1 saturated heterocycles. The third-order valence-corrected chi connectivity index (χ3v) is 4.25. The molecule has 1 aromatic rings. The molecule has 19 heavy (non-hydrogen) atoms. The summed E-state index contributed by atoms with van der Waals surface area (Å²) in [6.45, 7) is 5.83. The van der Waals surface area contributed by atoms with Gasteiger partial charge in [0, 0.05) is 24.7 Å². The molecule has 0 radical (unpaired) electrons. The van der Waals surface area contributed by atoms with E-state index in [9.17, 15) is 0 Å². The number of likely N-dealkylation sites (N-methyl/N-ethyl adjacent to an activating group) is 1. The van der Waals surface area contributed by atoms with E-state index in [2.05, 4.69) is 29.3 Å². The van der Waals surface area contributed by atoms with Gasteiger partial charge in [0.2, 0.25) is 0 Å². The summed E-state index contributed by atoms with van der Waals surface area (Å²) in [6, 6.07) is 8.65. The zero-order chi connectivity index (χ0) is 13.7. The lowest BCUT2D eigenvalue weighted by Crippen LogP contribution is -2.32. The van der Waals surface area contributed by atoms with E-state index in [1.807, 2.05) is 19.2 Å². The normalized spacial score (nSPS) is 21.5. The van der Waals surface area contributed by atoms with E-state index in [0.29, 0.717) is 6.04 Å². The second-order valence-corrected chi connectivity index (χ2v) is 5.41. The number of para-hydroxylation sites is 1. The molecule has 1 aromatic carbocycles. The first-order valence-electron chi connectivity index (χ1n) is 7.31. The summed E-state index contributed by atoms with van der Waals surface area (Å²) < 4.78 is 5.48. The van der Waals surface area contributed by atoms with E-state index in [0.717, 1.165) is 18.2 Å². The smallest absolute Gasteiger partial charge is 0.123 e. The fraction of sp³-hybridized carbons (Fsp3) is 0.625.